The van der Waals surface area contributed by atoms with Gasteiger partial charge >= 0.3 is 0 Å². The zero-order valence-electron chi connectivity index (χ0n) is 11.2. The molecule has 0 saturated carbocycles. The summed E-state index contributed by atoms with van der Waals surface area (Å²) in [6.45, 7) is 6.58. The molecule has 0 aliphatic heterocycles. The summed E-state index contributed by atoms with van der Waals surface area (Å²) in [6, 6.07) is 0. The minimum Gasteiger partial charge on any atom is -0.394 e. The number of aryl methyl sites for hydroxylation is 2. The Morgan fingerprint density at radius 2 is 2.00 bits per heavy atom. The van der Waals surface area contributed by atoms with E-state index in [2.05, 4.69) is 24.3 Å². The van der Waals surface area contributed by atoms with Crippen molar-refractivity contribution < 1.29 is 5.11 Å². The van der Waals surface area contributed by atoms with Gasteiger partial charge < -0.3 is 16.2 Å². The number of anilines is 2. The van der Waals surface area contributed by atoms with Crippen LogP contribution in [0, 0.1) is 12.8 Å². The molecule has 0 spiro atoms. The van der Waals surface area contributed by atoms with Crippen molar-refractivity contribution in [1.29, 1.82) is 0 Å². The molecule has 1 heterocycles. The highest BCUT2D eigenvalue weighted by molar-refractivity contribution is 5.64. The molecule has 0 radical (unpaired) electrons. The third kappa shape index (κ3) is 3.12. The van der Waals surface area contributed by atoms with Gasteiger partial charge in [-0.05, 0) is 12.8 Å². The quantitative estimate of drug-likeness (QED) is 0.704. The van der Waals surface area contributed by atoms with E-state index in [0.29, 0.717) is 18.2 Å². The zero-order valence-corrected chi connectivity index (χ0v) is 11.2. The average molecular weight is 240 g/mol. The first-order chi connectivity index (χ1) is 8.01. The van der Waals surface area contributed by atoms with Gasteiger partial charge in [0.2, 0.25) is 0 Å². The Kier molecular flexibility index (Phi) is 4.81. The van der Waals surface area contributed by atoms with Gasteiger partial charge in [0.25, 0.3) is 0 Å². The summed E-state index contributed by atoms with van der Waals surface area (Å²) in [7, 11) is 1.84. The maximum atomic E-state index is 10.0. The van der Waals surface area contributed by atoms with Crippen LogP contribution in [-0.4, -0.2) is 27.5 Å². The van der Waals surface area contributed by atoms with Crippen molar-refractivity contribution in [2.45, 2.75) is 39.7 Å². The molecule has 1 atom stereocenters. The summed E-state index contributed by atoms with van der Waals surface area (Å²) in [6.07, 6.45) is 1.62. The van der Waals surface area contributed by atoms with Crippen molar-refractivity contribution in [1.82, 2.24) is 9.78 Å². The normalized spacial score (nSPS) is 13.1. The highest BCUT2D eigenvalue weighted by Crippen LogP contribution is 2.21. The minimum atomic E-state index is -0.348. The minimum absolute atomic E-state index is 0.332. The lowest BCUT2D eigenvalue weighted by molar-refractivity contribution is 0.114. The first-order valence-electron chi connectivity index (χ1n) is 6.22. The lowest BCUT2D eigenvalue weighted by Crippen LogP contribution is -2.28. The van der Waals surface area contributed by atoms with Gasteiger partial charge in [-0.3, -0.25) is 4.68 Å². The van der Waals surface area contributed by atoms with Crippen molar-refractivity contribution in [2.75, 3.05) is 17.6 Å². The molecular formula is C12H24N4O. The van der Waals surface area contributed by atoms with Crippen molar-refractivity contribution >= 4 is 11.5 Å². The average Bonchev–Trinajstić information content (AvgIpc) is 2.53. The fourth-order valence-electron chi connectivity index (χ4n) is 2.08. The smallest absolute Gasteiger partial charge is 0.147 e. The number of aromatic nitrogens is 2. The molecule has 0 fully saturated rings. The van der Waals surface area contributed by atoms with Gasteiger partial charge in [0.05, 0.1) is 17.5 Å². The van der Waals surface area contributed by atoms with Gasteiger partial charge in [-0.15, -0.1) is 0 Å². The Morgan fingerprint density at radius 1 is 1.41 bits per heavy atom. The van der Waals surface area contributed by atoms with Crippen molar-refractivity contribution in [2.24, 2.45) is 13.0 Å². The first-order valence-corrected chi connectivity index (χ1v) is 6.22. The molecule has 1 aromatic heterocycles. The van der Waals surface area contributed by atoms with E-state index in [1.54, 1.807) is 4.68 Å². The summed E-state index contributed by atoms with van der Waals surface area (Å²) in [5.74, 6) is 1.12. The highest BCUT2D eigenvalue weighted by Gasteiger charge is 2.17. The fourth-order valence-corrected chi connectivity index (χ4v) is 2.08. The van der Waals surface area contributed by atoms with Crippen LogP contribution in [0.4, 0.5) is 11.5 Å². The molecule has 1 unspecified atom stereocenters. The van der Waals surface area contributed by atoms with Gasteiger partial charge in [0.1, 0.15) is 5.82 Å². The Bertz CT molecular complexity index is 358. The van der Waals surface area contributed by atoms with Crippen LogP contribution in [0.5, 0.6) is 0 Å². The van der Waals surface area contributed by atoms with Crippen LogP contribution >= 0.6 is 0 Å². The van der Waals surface area contributed by atoms with Crippen molar-refractivity contribution in [3.05, 3.63) is 5.69 Å². The van der Waals surface area contributed by atoms with Gasteiger partial charge in [-0.25, -0.2) is 0 Å². The second-order valence-corrected chi connectivity index (χ2v) is 4.50. The van der Waals surface area contributed by atoms with Gasteiger partial charge in [-0.1, -0.05) is 26.7 Å². The van der Waals surface area contributed by atoms with Crippen LogP contribution in [0.15, 0.2) is 0 Å². The summed E-state index contributed by atoms with van der Waals surface area (Å²) in [5, 5.41) is 17.4. The number of hydrogen-bond donors (Lipinski definition) is 3. The molecule has 0 amide bonds. The Labute approximate surface area is 103 Å². The molecule has 0 aromatic carbocycles. The molecule has 4 N–H and O–H groups in total. The summed E-state index contributed by atoms with van der Waals surface area (Å²) in [5.41, 5.74) is 7.37. The molecule has 1 rings (SSSR count). The lowest BCUT2D eigenvalue weighted by Gasteiger charge is -2.21. The molecule has 1 aromatic rings. The molecule has 98 valence electrons. The van der Waals surface area contributed by atoms with E-state index < -0.39 is 0 Å². The second-order valence-electron chi connectivity index (χ2n) is 4.50. The number of aliphatic hydroxyl groups excluding tert-OH is 1. The number of nitrogens with two attached hydrogens (primary N) is 1. The number of hydrogen-bond acceptors (Lipinski definition) is 4. The van der Waals surface area contributed by atoms with E-state index in [9.17, 15) is 5.11 Å². The number of aliphatic hydroxyl groups is 1. The highest BCUT2D eigenvalue weighted by atomic mass is 16.3. The van der Waals surface area contributed by atoms with E-state index in [1.165, 1.54) is 0 Å². The number of nitrogen functional groups attached to an aromatic ring is 1. The summed E-state index contributed by atoms with van der Waals surface area (Å²) in [4.78, 5) is 0. The maximum absolute atomic E-state index is 10.0. The van der Waals surface area contributed by atoms with Crippen LogP contribution in [0.3, 0.4) is 0 Å². The van der Waals surface area contributed by atoms with E-state index in [0.717, 1.165) is 24.4 Å². The predicted octanol–water partition coefficient (Wildman–Crippen LogP) is 1.52. The lowest BCUT2D eigenvalue weighted by atomic mass is 9.96. The molecule has 0 saturated heterocycles. The third-order valence-electron chi connectivity index (χ3n) is 3.34. The van der Waals surface area contributed by atoms with Crippen LogP contribution in [0.1, 0.15) is 32.4 Å². The summed E-state index contributed by atoms with van der Waals surface area (Å²) >= 11 is 0. The van der Waals surface area contributed by atoms with Crippen LogP contribution in [0.2, 0.25) is 0 Å². The molecule has 17 heavy (non-hydrogen) atoms. The van der Waals surface area contributed by atoms with E-state index in [4.69, 9.17) is 5.73 Å². The molecule has 5 heteroatoms. The number of rotatable bonds is 6. The fraction of sp³-hybridized carbons (Fsp3) is 0.750. The van der Waals surface area contributed by atoms with Gasteiger partial charge in [0.15, 0.2) is 0 Å². The van der Waals surface area contributed by atoms with E-state index >= 15 is 0 Å². The zero-order chi connectivity index (χ0) is 13.0. The molecule has 5 nitrogen and oxygen atoms in total. The van der Waals surface area contributed by atoms with Crippen LogP contribution in [-0.2, 0) is 7.05 Å². The molecule has 0 aliphatic rings. The molecule has 0 bridgehead atoms. The molecular weight excluding hydrogens is 216 g/mol. The Morgan fingerprint density at radius 3 is 2.41 bits per heavy atom. The van der Waals surface area contributed by atoms with Gasteiger partial charge in [0, 0.05) is 13.6 Å². The second kappa shape index (κ2) is 5.91. The topological polar surface area (TPSA) is 76.1 Å². The maximum Gasteiger partial charge on any atom is 0.147 e. The molecule has 0 aliphatic carbocycles. The summed E-state index contributed by atoms with van der Waals surface area (Å²) < 4.78 is 1.71. The van der Waals surface area contributed by atoms with Crippen molar-refractivity contribution in [3.63, 3.8) is 0 Å². The largest absolute Gasteiger partial charge is 0.394 e. The van der Waals surface area contributed by atoms with Crippen LogP contribution < -0.4 is 11.1 Å². The standard InChI is InChI=1S/C12H24N4O/c1-5-9(6-2)10(17)7-14-12-11(13)8(3)15-16(12)4/h9-10,14,17H,5-7,13H2,1-4H3. The van der Waals surface area contributed by atoms with E-state index in [1.807, 2.05) is 14.0 Å². The predicted molar refractivity (Wildman–Crippen MR) is 70.9 cm³/mol. The Hall–Kier alpha value is -1.23. The number of nitrogens with zero attached hydrogens (tertiary/aromatic N) is 2. The van der Waals surface area contributed by atoms with Crippen molar-refractivity contribution in [3.8, 4) is 0 Å². The number of nitrogens with one attached hydrogen (secondary N) is 1. The monoisotopic (exact) mass is 240 g/mol. The van der Waals surface area contributed by atoms with Crippen LogP contribution in [0.25, 0.3) is 0 Å². The SMILES string of the molecule is CCC(CC)C(O)CNc1c(N)c(C)nn1C. The van der Waals surface area contributed by atoms with E-state index in [-0.39, 0.29) is 6.10 Å². The first kappa shape index (κ1) is 13.8. The Balaban J connectivity index is 2.61. The van der Waals surface area contributed by atoms with Gasteiger partial charge in [-0.2, -0.15) is 5.10 Å². The third-order valence-corrected chi connectivity index (χ3v) is 3.34.